The Morgan fingerprint density at radius 2 is 1.54 bits per heavy atom. The number of nitrogens with one attached hydrogen (secondary N) is 1. The van der Waals surface area contributed by atoms with E-state index in [1.54, 1.807) is 16.8 Å². The molecule has 28 heavy (non-hydrogen) atoms. The molecule has 5 nitrogen and oxygen atoms in total. The fraction of sp³-hybridized carbons (Fsp3) is 0.190. The minimum atomic E-state index is 0.443. The smallest absolute Gasteiger partial charge is 0.197 e. The van der Waals surface area contributed by atoms with Crippen LogP contribution < -0.4 is 5.32 Å². The van der Waals surface area contributed by atoms with Crippen LogP contribution in [0.1, 0.15) is 22.5 Å². The van der Waals surface area contributed by atoms with Crippen molar-refractivity contribution < 1.29 is 0 Å². The SMILES string of the molecule is Cc1ccc(C)c(Nc2nc3cc(Cl)c(Cl)cc3nc2-n2nc(C)cc2C)c1. The van der Waals surface area contributed by atoms with Gasteiger partial charge in [-0.05, 0) is 63.1 Å². The van der Waals surface area contributed by atoms with E-state index in [0.717, 1.165) is 28.2 Å². The molecule has 0 atom stereocenters. The highest BCUT2D eigenvalue weighted by atomic mass is 35.5. The standard InChI is InChI=1S/C21H19Cl2N5/c1-11-5-6-12(2)17(7-11)24-20-21(28-14(4)8-13(3)27-28)26-19-10-16(23)15(22)9-18(19)25-20/h5-10H,1-4H3,(H,24,25). The average Bonchev–Trinajstić information content (AvgIpc) is 2.97. The van der Waals surface area contributed by atoms with Gasteiger partial charge in [-0.15, -0.1) is 0 Å². The molecule has 0 aliphatic rings. The summed E-state index contributed by atoms with van der Waals surface area (Å²) in [4.78, 5) is 9.59. The minimum absolute atomic E-state index is 0.443. The number of rotatable bonds is 3. The van der Waals surface area contributed by atoms with Crippen LogP contribution in [0.2, 0.25) is 10.0 Å². The van der Waals surface area contributed by atoms with Crippen molar-refractivity contribution in [1.82, 2.24) is 19.7 Å². The lowest BCUT2D eigenvalue weighted by molar-refractivity contribution is 0.808. The van der Waals surface area contributed by atoms with Crippen molar-refractivity contribution in [2.75, 3.05) is 5.32 Å². The maximum atomic E-state index is 6.19. The molecule has 0 radical (unpaired) electrons. The predicted octanol–water partition coefficient (Wildman–Crippen LogP) is 6.10. The van der Waals surface area contributed by atoms with Gasteiger partial charge >= 0.3 is 0 Å². The number of fused-ring (bicyclic) bond motifs is 1. The number of anilines is 2. The molecule has 1 N–H and O–H groups in total. The van der Waals surface area contributed by atoms with Crippen LogP contribution in [-0.4, -0.2) is 19.7 Å². The average molecular weight is 412 g/mol. The van der Waals surface area contributed by atoms with Gasteiger partial charge in [-0.3, -0.25) is 0 Å². The zero-order valence-electron chi connectivity index (χ0n) is 16.0. The van der Waals surface area contributed by atoms with Gasteiger partial charge < -0.3 is 5.32 Å². The predicted molar refractivity (Wildman–Crippen MR) is 115 cm³/mol. The topological polar surface area (TPSA) is 55.6 Å². The Bertz CT molecular complexity index is 1210. The van der Waals surface area contributed by atoms with E-state index in [2.05, 4.69) is 42.5 Å². The van der Waals surface area contributed by atoms with E-state index in [0.29, 0.717) is 32.7 Å². The summed E-state index contributed by atoms with van der Waals surface area (Å²) in [7, 11) is 0. The number of aromatic nitrogens is 4. The van der Waals surface area contributed by atoms with E-state index in [4.69, 9.17) is 33.2 Å². The fourth-order valence-corrected chi connectivity index (χ4v) is 3.43. The molecule has 2 aromatic carbocycles. The number of aryl methyl sites for hydroxylation is 4. The Morgan fingerprint density at radius 3 is 2.18 bits per heavy atom. The third-order valence-electron chi connectivity index (χ3n) is 4.54. The second-order valence-corrected chi connectivity index (χ2v) is 7.75. The van der Waals surface area contributed by atoms with Crippen molar-refractivity contribution in [2.45, 2.75) is 27.7 Å². The number of benzene rings is 2. The first-order valence-electron chi connectivity index (χ1n) is 8.86. The van der Waals surface area contributed by atoms with Crippen LogP contribution in [0, 0.1) is 27.7 Å². The second kappa shape index (κ2) is 7.08. The lowest BCUT2D eigenvalue weighted by atomic mass is 10.1. The summed E-state index contributed by atoms with van der Waals surface area (Å²) in [6.45, 7) is 8.05. The van der Waals surface area contributed by atoms with Gasteiger partial charge in [0.1, 0.15) is 0 Å². The molecule has 0 spiro atoms. The highest BCUT2D eigenvalue weighted by Crippen LogP contribution is 2.31. The Hall–Kier alpha value is -2.63. The van der Waals surface area contributed by atoms with Gasteiger partial charge in [-0.2, -0.15) is 5.10 Å². The van der Waals surface area contributed by atoms with Gasteiger partial charge in [0.05, 0.1) is 26.8 Å². The van der Waals surface area contributed by atoms with E-state index in [-0.39, 0.29) is 0 Å². The molecule has 0 unspecified atom stereocenters. The first-order chi connectivity index (χ1) is 13.3. The Kier molecular flexibility index (Phi) is 4.73. The lowest BCUT2D eigenvalue weighted by Gasteiger charge is -2.15. The molecule has 0 fully saturated rings. The van der Waals surface area contributed by atoms with Crippen LogP contribution in [-0.2, 0) is 0 Å². The van der Waals surface area contributed by atoms with Crippen molar-refractivity contribution in [3.05, 3.63) is 69.0 Å². The van der Waals surface area contributed by atoms with Gasteiger partial charge in [-0.25, -0.2) is 14.6 Å². The largest absolute Gasteiger partial charge is 0.337 e. The monoisotopic (exact) mass is 411 g/mol. The quantitative estimate of drug-likeness (QED) is 0.442. The maximum absolute atomic E-state index is 6.19. The summed E-state index contributed by atoms with van der Waals surface area (Å²) in [6.07, 6.45) is 0. The molecule has 4 rings (SSSR count). The van der Waals surface area contributed by atoms with Gasteiger partial charge in [0, 0.05) is 11.4 Å². The van der Waals surface area contributed by atoms with Crippen LogP contribution in [0.15, 0.2) is 36.4 Å². The zero-order chi connectivity index (χ0) is 20.0. The van der Waals surface area contributed by atoms with E-state index < -0.39 is 0 Å². The highest BCUT2D eigenvalue weighted by Gasteiger charge is 2.16. The van der Waals surface area contributed by atoms with Crippen LogP contribution >= 0.6 is 23.2 Å². The van der Waals surface area contributed by atoms with E-state index in [1.165, 1.54) is 0 Å². The molecule has 0 saturated carbocycles. The zero-order valence-corrected chi connectivity index (χ0v) is 17.5. The summed E-state index contributed by atoms with van der Waals surface area (Å²) < 4.78 is 1.79. The third-order valence-corrected chi connectivity index (χ3v) is 5.27. The first kappa shape index (κ1) is 18.7. The summed E-state index contributed by atoms with van der Waals surface area (Å²) in [5.74, 6) is 1.21. The van der Waals surface area contributed by atoms with Gasteiger partial charge in [0.15, 0.2) is 11.6 Å². The Morgan fingerprint density at radius 1 is 0.857 bits per heavy atom. The van der Waals surface area contributed by atoms with E-state index in [9.17, 15) is 0 Å². The number of hydrogen-bond acceptors (Lipinski definition) is 4. The Labute approximate surface area is 173 Å². The van der Waals surface area contributed by atoms with E-state index >= 15 is 0 Å². The molecule has 0 amide bonds. The van der Waals surface area contributed by atoms with Crippen LogP contribution in [0.3, 0.4) is 0 Å². The van der Waals surface area contributed by atoms with Crippen LogP contribution in [0.5, 0.6) is 0 Å². The molecule has 0 bridgehead atoms. The van der Waals surface area contributed by atoms with Gasteiger partial charge in [-0.1, -0.05) is 35.3 Å². The second-order valence-electron chi connectivity index (χ2n) is 6.93. The summed E-state index contributed by atoms with van der Waals surface area (Å²) in [5.41, 5.74) is 6.43. The first-order valence-corrected chi connectivity index (χ1v) is 9.62. The molecule has 0 saturated heterocycles. The van der Waals surface area contributed by atoms with Crippen molar-refractivity contribution in [3.63, 3.8) is 0 Å². The molecule has 142 valence electrons. The molecular formula is C21H19Cl2N5. The van der Waals surface area contributed by atoms with Gasteiger partial charge in [0.2, 0.25) is 0 Å². The van der Waals surface area contributed by atoms with Crippen molar-refractivity contribution in [3.8, 4) is 5.82 Å². The van der Waals surface area contributed by atoms with Crippen molar-refractivity contribution in [1.29, 1.82) is 0 Å². The number of hydrogen-bond donors (Lipinski definition) is 1. The summed E-state index contributed by atoms with van der Waals surface area (Å²) in [6, 6.07) is 11.7. The molecule has 4 aromatic rings. The van der Waals surface area contributed by atoms with Crippen molar-refractivity contribution >= 4 is 45.7 Å². The maximum Gasteiger partial charge on any atom is 0.197 e. The van der Waals surface area contributed by atoms with E-state index in [1.807, 2.05) is 19.9 Å². The normalized spacial score (nSPS) is 11.2. The molecule has 2 heterocycles. The fourth-order valence-electron chi connectivity index (χ4n) is 3.12. The van der Waals surface area contributed by atoms with Crippen LogP contribution in [0.25, 0.3) is 16.9 Å². The summed E-state index contributed by atoms with van der Waals surface area (Å²) >= 11 is 12.4. The van der Waals surface area contributed by atoms with Crippen LogP contribution in [0.4, 0.5) is 11.5 Å². The lowest BCUT2D eigenvalue weighted by Crippen LogP contribution is -2.09. The number of halogens is 2. The number of nitrogens with zero attached hydrogens (tertiary/aromatic N) is 4. The summed E-state index contributed by atoms with van der Waals surface area (Å²) in [5, 5.41) is 8.90. The molecule has 0 aliphatic heterocycles. The Balaban J connectivity index is 1.96. The molecule has 7 heteroatoms. The minimum Gasteiger partial charge on any atom is -0.337 e. The third kappa shape index (κ3) is 3.43. The molecular weight excluding hydrogens is 393 g/mol. The molecule has 0 aliphatic carbocycles. The highest BCUT2D eigenvalue weighted by molar-refractivity contribution is 6.42. The molecule has 2 aromatic heterocycles. The van der Waals surface area contributed by atoms with Crippen molar-refractivity contribution in [2.24, 2.45) is 0 Å². The van der Waals surface area contributed by atoms with Gasteiger partial charge in [0.25, 0.3) is 0 Å².